The summed E-state index contributed by atoms with van der Waals surface area (Å²) in [5, 5.41) is 14.0. The molecule has 0 saturated heterocycles. The summed E-state index contributed by atoms with van der Waals surface area (Å²) in [7, 11) is 0. The smallest absolute Gasteiger partial charge is 0.305 e. The van der Waals surface area contributed by atoms with E-state index in [9.17, 15) is 28.8 Å². The number of aliphatic carboxylic acids is 1. The fraction of sp³-hybridized carbons (Fsp3) is 0.207. The van der Waals surface area contributed by atoms with Crippen LogP contribution in [0.4, 0.5) is 11.4 Å². The molecule has 0 saturated carbocycles. The molecule has 12 heteroatoms. The first-order chi connectivity index (χ1) is 19.8. The van der Waals surface area contributed by atoms with Crippen LogP contribution in [0.15, 0.2) is 79.1 Å². The molecule has 12 nitrogen and oxygen atoms in total. The number of fused-ring (bicyclic) bond motifs is 1. The Balaban J connectivity index is 1.69. The van der Waals surface area contributed by atoms with Crippen LogP contribution in [0, 0.1) is 0 Å². The Morgan fingerprint density at radius 3 is 2.29 bits per heavy atom. The van der Waals surface area contributed by atoms with Gasteiger partial charge in [-0.1, -0.05) is 30.3 Å². The second-order valence-electron chi connectivity index (χ2n) is 9.25. The summed E-state index contributed by atoms with van der Waals surface area (Å²) >= 11 is 0. The first kappa shape index (κ1) is 28.6. The Morgan fingerprint density at radius 2 is 1.63 bits per heavy atom. The number of nitrogens with zero attached hydrogens (tertiary/aromatic N) is 3. The van der Waals surface area contributed by atoms with Crippen molar-refractivity contribution in [2.24, 2.45) is 0 Å². The minimum absolute atomic E-state index is 0.0128. The summed E-state index contributed by atoms with van der Waals surface area (Å²) in [6.07, 6.45) is 2.77. The average Bonchev–Trinajstić information content (AvgIpc) is 3.08. The highest BCUT2D eigenvalue weighted by atomic mass is 16.4. The van der Waals surface area contributed by atoms with Gasteiger partial charge in [-0.2, -0.15) is 0 Å². The van der Waals surface area contributed by atoms with Crippen molar-refractivity contribution in [1.82, 2.24) is 15.6 Å². The fourth-order valence-corrected chi connectivity index (χ4v) is 4.41. The molecule has 2 aromatic carbocycles. The Morgan fingerprint density at radius 1 is 0.976 bits per heavy atom. The van der Waals surface area contributed by atoms with Gasteiger partial charge in [0.2, 0.25) is 11.8 Å². The van der Waals surface area contributed by atoms with Crippen molar-refractivity contribution in [2.75, 3.05) is 22.9 Å². The van der Waals surface area contributed by atoms with Gasteiger partial charge in [-0.3, -0.25) is 33.9 Å². The number of benzene rings is 2. The highest BCUT2D eigenvalue weighted by molar-refractivity contribution is 6.11. The number of carboxylic acid groups (broad SMARTS) is 1. The summed E-state index contributed by atoms with van der Waals surface area (Å²) in [5.74, 6) is -3.66. The van der Waals surface area contributed by atoms with E-state index in [4.69, 9.17) is 5.11 Å². The van der Waals surface area contributed by atoms with E-state index < -0.39 is 48.7 Å². The molecule has 0 bridgehead atoms. The zero-order chi connectivity index (χ0) is 29.4. The molecule has 3 N–H and O–H groups in total. The monoisotopic (exact) mass is 557 g/mol. The number of nitrogens with one attached hydrogen (secondary N) is 2. The Kier molecular flexibility index (Phi) is 9.15. The summed E-state index contributed by atoms with van der Waals surface area (Å²) in [6.45, 7) is -0.809. The highest BCUT2D eigenvalue weighted by Crippen LogP contribution is 2.33. The van der Waals surface area contributed by atoms with Crippen LogP contribution in [0.3, 0.4) is 0 Å². The lowest BCUT2D eigenvalue weighted by Crippen LogP contribution is -2.54. The van der Waals surface area contributed by atoms with Crippen molar-refractivity contribution in [3.8, 4) is 0 Å². The summed E-state index contributed by atoms with van der Waals surface area (Å²) in [6, 6.07) is 15.5. The zero-order valence-corrected chi connectivity index (χ0v) is 21.8. The second-order valence-corrected chi connectivity index (χ2v) is 9.25. The molecule has 210 valence electrons. The predicted molar refractivity (Wildman–Crippen MR) is 147 cm³/mol. The third-order valence-corrected chi connectivity index (χ3v) is 6.35. The molecule has 0 fully saturated rings. The second kappa shape index (κ2) is 13.1. The summed E-state index contributed by atoms with van der Waals surface area (Å²) in [4.78, 5) is 82.3. The average molecular weight is 558 g/mol. The van der Waals surface area contributed by atoms with Crippen LogP contribution in [0.5, 0.6) is 0 Å². The van der Waals surface area contributed by atoms with Crippen LogP contribution in [-0.2, 0) is 30.4 Å². The number of hydrogen-bond donors (Lipinski definition) is 3. The Labute approximate surface area is 235 Å². The largest absolute Gasteiger partial charge is 0.481 e. The van der Waals surface area contributed by atoms with Crippen LogP contribution in [0.25, 0.3) is 0 Å². The van der Waals surface area contributed by atoms with E-state index >= 15 is 0 Å². The topological polar surface area (TPSA) is 166 Å². The fourth-order valence-electron chi connectivity index (χ4n) is 4.41. The van der Waals surface area contributed by atoms with E-state index in [1.54, 1.807) is 79.1 Å². The summed E-state index contributed by atoms with van der Waals surface area (Å²) in [5.41, 5.74) is 1.55. The number of pyridine rings is 1. The van der Waals surface area contributed by atoms with Crippen molar-refractivity contribution in [3.05, 3.63) is 90.3 Å². The highest BCUT2D eigenvalue weighted by Gasteiger charge is 2.38. The number of rotatable bonds is 10. The van der Waals surface area contributed by atoms with E-state index in [1.807, 2.05) is 0 Å². The van der Waals surface area contributed by atoms with E-state index in [2.05, 4.69) is 15.6 Å². The molecular formula is C29H27N5O7. The quantitative estimate of drug-likeness (QED) is 0.310. The molecule has 0 unspecified atom stereocenters. The molecule has 1 aliphatic heterocycles. The number of carbonyl (C=O) groups excluding carboxylic acids is 5. The van der Waals surface area contributed by atoms with Gasteiger partial charge in [0.15, 0.2) is 0 Å². The first-order valence-corrected chi connectivity index (χ1v) is 12.7. The van der Waals surface area contributed by atoms with Crippen molar-refractivity contribution in [3.63, 3.8) is 0 Å². The van der Waals surface area contributed by atoms with Crippen LogP contribution < -0.4 is 20.4 Å². The minimum atomic E-state index is -1.30. The van der Waals surface area contributed by atoms with Crippen molar-refractivity contribution >= 4 is 47.3 Å². The Hall–Kier alpha value is -5.39. The van der Waals surface area contributed by atoms with Crippen molar-refractivity contribution in [2.45, 2.75) is 24.9 Å². The normalized spacial score (nSPS) is 15.2. The molecule has 1 aromatic heterocycles. The predicted octanol–water partition coefficient (Wildman–Crippen LogP) is 0.961. The van der Waals surface area contributed by atoms with Gasteiger partial charge in [0.05, 0.1) is 36.8 Å². The van der Waals surface area contributed by atoms with E-state index in [0.717, 1.165) is 4.90 Å². The lowest BCUT2D eigenvalue weighted by Gasteiger charge is -2.25. The van der Waals surface area contributed by atoms with Gasteiger partial charge in [-0.25, -0.2) is 0 Å². The van der Waals surface area contributed by atoms with Crippen LogP contribution >= 0.6 is 0 Å². The van der Waals surface area contributed by atoms with E-state index in [0.29, 0.717) is 23.1 Å². The maximum absolute atomic E-state index is 13.9. The van der Waals surface area contributed by atoms with Gasteiger partial charge in [0, 0.05) is 18.0 Å². The number of para-hydroxylation sites is 2. The number of aldehydes is 1. The van der Waals surface area contributed by atoms with Gasteiger partial charge in [0.25, 0.3) is 11.8 Å². The van der Waals surface area contributed by atoms with E-state index in [-0.39, 0.29) is 24.6 Å². The van der Waals surface area contributed by atoms with Crippen LogP contribution in [0.1, 0.15) is 22.3 Å². The molecular weight excluding hydrogens is 530 g/mol. The lowest BCUT2D eigenvalue weighted by atomic mass is 10.1. The molecule has 4 amide bonds. The SMILES string of the molecule is O=C[C@H](CC(=O)O)NC(=O)CN1C(=O)[C@@H](NC(=O)c2ccccc2)CN(C(=O)Cc2ccncc2)c2ccccc21. The van der Waals surface area contributed by atoms with Crippen LogP contribution in [0.2, 0.25) is 0 Å². The lowest BCUT2D eigenvalue weighted by molar-refractivity contribution is -0.139. The molecule has 4 rings (SSSR count). The first-order valence-electron chi connectivity index (χ1n) is 12.7. The molecule has 1 aliphatic rings. The van der Waals surface area contributed by atoms with Crippen molar-refractivity contribution < 1.29 is 33.9 Å². The number of hydrogen-bond acceptors (Lipinski definition) is 7. The molecule has 3 aromatic rings. The zero-order valence-electron chi connectivity index (χ0n) is 21.8. The molecule has 0 aliphatic carbocycles. The molecule has 41 heavy (non-hydrogen) atoms. The molecule has 2 atom stereocenters. The summed E-state index contributed by atoms with van der Waals surface area (Å²) < 4.78 is 0. The van der Waals surface area contributed by atoms with Gasteiger partial charge >= 0.3 is 5.97 Å². The van der Waals surface area contributed by atoms with Gasteiger partial charge in [-0.15, -0.1) is 0 Å². The van der Waals surface area contributed by atoms with E-state index in [1.165, 1.54) is 4.90 Å². The molecule has 2 heterocycles. The standard InChI is InChI=1S/C29H27N5O7/c35-18-21(15-27(38)39)31-25(36)17-34-24-9-5-4-8-23(24)33(26(37)14-19-10-12-30-13-11-19)16-22(29(34)41)32-28(40)20-6-2-1-3-7-20/h1-13,18,21-22H,14-17H2,(H,31,36)(H,32,40)(H,38,39)/t21-,22-/m0/s1. The number of carbonyl (C=O) groups is 6. The minimum Gasteiger partial charge on any atom is -0.481 e. The third kappa shape index (κ3) is 7.18. The number of aromatic nitrogens is 1. The number of amides is 4. The van der Waals surface area contributed by atoms with Crippen LogP contribution in [-0.4, -0.2) is 71.1 Å². The molecule has 0 radical (unpaired) electrons. The third-order valence-electron chi connectivity index (χ3n) is 6.35. The van der Waals surface area contributed by atoms with Gasteiger partial charge in [-0.05, 0) is 42.0 Å². The molecule has 0 spiro atoms. The maximum Gasteiger partial charge on any atom is 0.305 e. The number of carboxylic acids is 1. The van der Waals surface area contributed by atoms with Crippen molar-refractivity contribution in [1.29, 1.82) is 0 Å². The number of anilines is 2. The van der Waals surface area contributed by atoms with Gasteiger partial charge in [0.1, 0.15) is 18.9 Å². The van der Waals surface area contributed by atoms with Gasteiger partial charge < -0.3 is 25.4 Å². The Bertz CT molecular complexity index is 1450. The maximum atomic E-state index is 13.9.